The van der Waals surface area contributed by atoms with Crippen LogP contribution in [0.1, 0.15) is 74.8 Å². The molecule has 1 atom stereocenters. The zero-order chi connectivity index (χ0) is 22.5. The van der Waals surface area contributed by atoms with Gasteiger partial charge in [-0.1, -0.05) is 45.2 Å². The highest BCUT2D eigenvalue weighted by molar-refractivity contribution is 7.17. The van der Waals surface area contributed by atoms with Crippen molar-refractivity contribution in [2.45, 2.75) is 76.9 Å². The Morgan fingerprint density at radius 3 is 2.53 bits per heavy atom. The molecule has 3 heterocycles. The van der Waals surface area contributed by atoms with E-state index in [0.717, 1.165) is 41.6 Å². The summed E-state index contributed by atoms with van der Waals surface area (Å²) in [6, 6.07) is 12.3. The highest BCUT2D eigenvalue weighted by Crippen LogP contribution is 2.38. The first-order valence-electron chi connectivity index (χ1n) is 11.7. The van der Waals surface area contributed by atoms with E-state index in [4.69, 9.17) is 0 Å². The van der Waals surface area contributed by atoms with Gasteiger partial charge >= 0.3 is 0 Å². The number of carbonyl (C=O) groups is 2. The van der Waals surface area contributed by atoms with E-state index in [0.29, 0.717) is 18.2 Å². The molecule has 2 aromatic heterocycles. The van der Waals surface area contributed by atoms with E-state index in [2.05, 4.69) is 31.3 Å². The monoisotopic (exact) mass is 449 g/mol. The number of anilines is 1. The normalized spacial score (nSPS) is 21.9. The van der Waals surface area contributed by atoms with Crippen LogP contribution >= 0.6 is 11.3 Å². The predicted octanol–water partition coefficient (Wildman–Crippen LogP) is 5.69. The maximum Gasteiger partial charge on any atom is 0.275 e. The molecule has 2 aliphatic rings. The van der Waals surface area contributed by atoms with Crippen molar-refractivity contribution in [2.24, 2.45) is 0 Å². The molecule has 2 amide bonds. The van der Waals surface area contributed by atoms with Gasteiger partial charge in [0, 0.05) is 11.7 Å². The lowest BCUT2D eigenvalue weighted by Gasteiger charge is -2.44. The van der Waals surface area contributed by atoms with Crippen LogP contribution < -0.4 is 10.2 Å². The van der Waals surface area contributed by atoms with Gasteiger partial charge in [-0.05, 0) is 60.9 Å². The molecule has 0 bridgehead atoms. The summed E-state index contributed by atoms with van der Waals surface area (Å²) >= 11 is 1.63. The van der Waals surface area contributed by atoms with E-state index in [9.17, 15) is 9.59 Å². The number of hydrogen-bond acceptors (Lipinski definition) is 3. The van der Waals surface area contributed by atoms with E-state index in [1.165, 1.54) is 12.0 Å². The van der Waals surface area contributed by atoms with E-state index < -0.39 is 5.54 Å². The number of rotatable bonds is 4. The molecular weight excluding hydrogens is 418 g/mol. The average molecular weight is 450 g/mol. The number of benzene rings is 1. The summed E-state index contributed by atoms with van der Waals surface area (Å²) in [4.78, 5) is 29.4. The quantitative estimate of drug-likeness (QED) is 0.556. The summed E-state index contributed by atoms with van der Waals surface area (Å²) < 4.78 is 3.12. The molecule has 1 aliphatic heterocycles. The Hall–Kier alpha value is -2.60. The molecule has 1 fully saturated rings. The van der Waals surface area contributed by atoms with Gasteiger partial charge in [0.15, 0.2) is 0 Å². The molecule has 0 spiro atoms. The van der Waals surface area contributed by atoms with Crippen LogP contribution in [0.2, 0.25) is 0 Å². The molecule has 5 rings (SSSR count). The van der Waals surface area contributed by atoms with Crippen molar-refractivity contribution in [2.75, 3.05) is 4.90 Å². The van der Waals surface area contributed by atoms with Crippen molar-refractivity contribution in [1.82, 2.24) is 9.88 Å². The van der Waals surface area contributed by atoms with Crippen LogP contribution in [0.3, 0.4) is 0 Å². The lowest BCUT2D eigenvalue weighted by Crippen LogP contribution is -2.65. The summed E-state index contributed by atoms with van der Waals surface area (Å²) in [5, 5.41) is 5.34. The molecule has 6 heteroatoms. The zero-order valence-electron chi connectivity index (χ0n) is 19.1. The Labute approximate surface area is 193 Å². The zero-order valence-corrected chi connectivity index (χ0v) is 19.9. The lowest BCUT2D eigenvalue weighted by atomic mass is 9.90. The minimum atomic E-state index is -1.01. The van der Waals surface area contributed by atoms with Crippen molar-refractivity contribution in [3.05, 3.63) is 53.0 Å². The SMILES string of the molecule is CC(C)c1ccc(N2C(=O)c3cc4sccc4n3CC2(C)C(=O)NC2CCCCC2)cc1. The summed E-state index contributed by atoms with van der Waals surface area (Å²) in [5.74, 6) is 0.234. The van der Waals surface area contributed by atoms with Gasteiger partial charge in [-0.25, -0.2) is 0 Å². The third kappa shape index (κ3) is 3.45. The minimum Gasteiger partial charge on any atom is -0.351 e. The third-order valence-corrected chi connectivity index (χ3v) is 8.01. The highest BCUT2D eigenvalue weighted by Gasteiger charge is 2.49. The Morgan fingerprint density at radius 1 is 1.12 bits per heavy atom. The van der Waals surface area contributed by atoms with Crippen molar-refractivity contribution < 1.29 is 9.59 Å². The second-order valence-corrected chi connectivity index (χ2v) is 10.7. The highest BCUT2D eigenvalue weighted by atomic mass is 32.1. The van der Waals surface area contributed by atoms with Gasteiger partial charge in [-0.3, -0.25) is 14.5 Å². The largest absolute Gasteiger partial charge is 0.351 e. The summed E-state index contributed by atoms with van der Waals surface area (Å²) in [7, 11) is 0. The smallest absolute Gasteiger partial charge is 0.275 e. The van der Waals surface area contributed by atoms with Gasteiger partial charge in [0.05, 0.1) is 16.8 Å². The van der Waals surface area contributed by atoms with Crippen LogP contribution in [0.5, 0.6) is 0 Å². The van der Waals surface area contributed by atoms with Gasteiger partial charge in [-0.15, -0.1) is 11.3 Å². The summed E-state index contributed by atoms with van der Waals surface area (Å²) in [6.07, 6.45) is 5.57. The first-order valence-corrected chi connectivity index (χ1v) is 12.6. The van der Waals surface area contributed by atoms with Crippen LogP contribution in [-0.2, 0) is 11.3 Å². The third-order valence-electron chi connectivity index (χ3n) is 7.15. The number of nitrogens with one attached hydrogen (secondary N) is 1. The van der Waals surface area contributed by atoms with E-state index in [-0.39, 0.29) is 17.9 Å². The fourth-order valence-corrected chi connectivity index (χ4v) is 6.04. The Balaban J connectivity index is 1.57. The molecule has 0 saturated heterocycles. The maximum absolute atomic E-state index is 13.8. The standard InChI is InChI=1S/C26H31N3O2S/c1-17(2)18-9-11-20(12-10-18)29-24(30)22-15-23-21(13-14-32-23)28(22)16-26(29,3)25(31)27-19-7-5-4-6-8-19/h9-15,17,19H,4-8,16H2,1-3H3,(H,27,31). The van der Waals surface area contributed by atoms with Gasteiger partial charge in [0.1, 0.15) is 11.2 Å². The van der Waals surface area contributed by atoms with Crippen molar-refractivity contribution in [3.8, 4) is 0 Å². The molecule has 32 heavy (non-hydrogen) atoms. The average Bonchev–Trinajstić information content (AvgIpc) is 3.37. The minimum absolute atomic E-state index is 0.0617. The second kappa shape index (κ2) is 8.07. The number of thiophene rings is 1. The topological polar surface area (TPSA) is 54.3 Å². The Kier molecular flexibility index (Phi) is 5.36. The second-order valence-electron chi connectivity index (χ2n) is 9.75. The Bertz CT molecular complexity index is 1150. The first kappa shape index (κ1) is 21.3. The van der Waals surface area contributed by atoms with Crippen molar-refractivity contribution in [3.63, 3.8) is 0 Å². The van der Waals surface area contributed by atoms with Gasteiger partial charge in [0.2, 0.25) is 5.91 Å². The number of hydrogen-bond donors (Lipinski definition) is 1. The van der Waals surface area contributed by atoms with Crippen LogP contribution in [0.15, 0.2) is 41.8 Å². The molecule has 5 nitrogen and oxygen atoms in total. The molecule has 3 aromatic rings. The van der Waals surface area contributed by atoms with Crippen LogP contribution in [-0.4, -0.2) is 28.0 Å². The molecule has 0 radical (unpaired) electrons. The number of aromatic nitrogens is 1. The van der Waals surface area contributed by atoms with Crippen LogP contribution in [0.25, 0.3) is 10.2 Å². The maximum atomic E-state index is 13.8. The molecule has 168 valence electrons. The summed E-state index contributed by atoms with van der Waals surface area (Å²) in [6.45, 7) is 6.67. The molecule has 1 aliphatic carbocycles. The molecule has 1 unspecified atom stereocenters. The molecule has 1 saturated carbocycles. The van der Waals surface area contributed by atoms with Crippen molar-refractivity contribution in [1.29, 1.82) is 0 Å². The first-order chi connectivity index (χ1) is 15.4. The lowest BCUT2D eigenvalue weighted by molar-refractivity contribution is -0.127. The fraction of sp³-hybridized carbons (Fsp3) is 0.462. The summed E-state index contributed by atoms with van der Waals surface area (Å²) in [5.41, 5.74) is 2.67. The molecular formula is C26H31N3O2S. The Morgan fingerprint density at radius 2 is 1.84 bits per heavy atom. The number of fused-ring (bicyclic) bond motifs is 3. The fourth-order valence-electron chi connectivity index (χ4n) is 5.21. The van der Waals surface area contributed by atoms with Gasteiger partial charge < -0.3 is 9.88 Å². The van der Waals surface area contributed by atoms with Crippen molar-refractivity contribution >= 4 is 39.1 Å². The van der Waals surface area contributed by atoms with Gasteiger partial charge in [0.25, 0.3) is 5.91 Å². The number of amides is 2. The van der Waals surface area contributed by atoms with E-state index in [1.807, 2.05) is 41.1 Å². The van der Waals surface area contributed by atoms with Crippen LogP contribution in [0, 0.1) is 0 Å². The van der Waals surface area contributed by atoms with E-state index >= 15 is 0 Å². The van der Waals surface area contributed by atoms with E-state index in [1.54, 1.807) is 16.2 Å². The molecule has 1 aromatic carbocycles. The van der Waals surface area contributed by atoms with Crippen LogP contribution in [0.4, 0.5) is 5.69 Å². The molecule has 1 N–H and O–H groups in total. The number of nitrogens with zero attached hydrogens (tertiary/aromatic N) is 2. The predicted molar refractivity (Wildman–Crippen MR) is 131 cm³/mol. The van der Waals surface area contributed by atoms with Gasteiger partial charge in [-0.2, -0.15) is 0 Å². The number of carbonyl (C=O) groups excluding carboxylic acids is 2.